The van der Waals surface area contributed by atoms with Crippen molar-refractivity contribution in [2.45, 2.75) is 0 Å². The second kappa shape index (κ2) is 12.7. The van der Waals surface area contributed by atoms with Gasteiger partial charge in [0.15, 0.2) is 11.5 Å². The summed E-state index contributed by atoms with van der Waals surface area (Å²) in [7, 11) is 2.95. The monoisotopic (exact) mass is 573 g/mol. The first-order valence-corrected chi connectivity index (χ1v) is 11.6. The minimum Gasteiger partial charge on any atom is -0.493 e. The number of ether oxygens (including phenoxy) is 3. The number of benzene rings is 3. The average molecular weight is 575 g/mol. The zero-order valence-electron chi connectivity index (χ0n) is 19.2. The van der Waals surface area contributed by atoms with E-state index in [4.69, 9.17) is 25.8 Å². The van der Waals surface area contributed by atoms with Gasteiger partial charge in [-0.2, -0.15) is 5.10 Å². The van der Waals surface area contributed by atoms with Gasteiger partial charge in [0.25, 0.3) is 11.8 Å². The summed E-state index contributed by atoms with van der Waals surface area (Å²) in [5, 5.41) is 6.89. The molecule has 0 unspecified atom stereocenters. The Kier molecular flexibility index (Phi) is 9.43. The van der Waals surface area contributed by atoms with E-state index < -0.39 is 17.8 Å². The molecule has 0 heterocycles. The summed E-state index contributed by atoms with van der Waals surface area (Å²) in [4.78, 5) is 36.9. The van der Waals surface area contributed by atoms with Crippen molar-refractivity contribution in [1.29, 1.82) is 0 Å². The first-order chi connectivity index (χ1) is 17.3. The number of nitrogens with zero attached hydrogens (tertiary/aromatic N) is 1. The van der Waals surface area contributed by atoms with Gasteiger partial charge in [-0.25, -0.2) is 10.2 Å². The van der Waals surface area contributed by atoms with Gasteiger partial charge in [-0.1, -0.05) is 27.5 Å². The average Bonchev–Trinajstić information content (AvgIpc) is 2.88. The number of carbonyl (C=O) groups excluding carboxylic acids is 3. The lowest BCUT2D eigenvalue weighted by atomic mass is 10.2. The van der Waals surface area contributed by atoms with Crippen molar-refractivity contribution in [3.05, 3.63) is 86.8 Å². The van der Waals surface area contributed by atoms with Gasteiger partial charge in [-0.15, -0.1) is 0 Å². The largest absolute Gasteiger partial charge is 0.493 e. The van der Waals surface area contributed by atoms with Crippen LogP contribution in [0.25, 0.3) is 0 Å². The van der Waals surface area contributed by atoms with Crippen LogP contribution in [0, 0.1) is 0 Å². The molecule has 0 aliphatic rings. The highest BCUT2D eigenvalue weighted by Gasteiger charge is 2.13. The predicted molar refractivity (Wildman–Crippen MR) is 138 cm³/mol. The number of esters is 1. The van der Waals surface area contributed by atoms with E-state index in [-0.39, 0.29) is 12.3 Å². The molecule has 0 aromatic heterocycles. The zero-order valence-corrected chi connectivity index (χ0v) is 21.6. The predicted octanol–water partition coefficient (Wildman–Crippen LogP) is 4.22. The Labute approximate surface area is 220 Å². The van der Waals surface area contributed by atoms with Crippen LogP contribution in [0.15, 0.2) is 70.2 Å². The summed E-state index contributed by atoms with van der Waals surface area (Å²) in [6.07, 6.45) is 1.32. The maximum atomic E-state index is 12.4. The van der Waals surface area contributed by atoms with Crippen molar-refractivity contribution in [3.63, 3.8) is 0 Å². The number of hydrogen-bond acceptors (Lipinski definition) is 7. The molecule has 0 bridgehead atoms. The van der Waals surface area contributed by atoms with Gasteiger partial charge in [0, 0.05) is 20.6 Å². The molecule has 9 nitrogen and oxygen atoms in total. The Morgan fingerprint density at radius 3 is 2.28 bits per heavy atom. The first kappa shape index (κ1) is 26.7. The fourth-order valence-electron chi connectivity index (χ4n) is 2.91. The number of hydrogen-bond donors (Lipinski definition) is 2. The molecule has 0 aliphatic heterocycles. The molecule has 0 saturated carbocycles. The van der Waals surface area contributed by atoms with E-state index in [2.05, 4.69) is 31.8 Å². The van der Waals surface area contributed by atoms with Crippen LogP contribution < -0.4 is 25.0 Å². The van der Waals surface area contributed by atoms with Gasteiger partial charge in [0.1, 0.15) is 5.75 Å². The molecule has 0 atom stereocenters. The lowest BCUT2D eigenvalue weighted by molar-refractivity contribution is -0.120. The van der Waals surface area contributed by atoms with Crippen LogP contribution in [0.4, 0.5) is 0 Å². The number of amides is 2. The van der Waals surface area contributed by atoms with Crippen molar-refractivity contribution in [1.82, 2.24) is 10.7 Å². The Hall–Kier alpha value is -3.89. The van der Waals surface area contributed by atoms with Crippen LogP contribution in [0.5, 0.6) is 17.2 Å². The second-order valence-corrected chi connectivity index (χ2v) is 8.48. The van der Waals surface area contributed by atoms with E-state index >= 15 is 0 Å². The van der Waals surface area contributed by atoms with Crippen molar-refractivity contribution in [2.24, 2.45) is 5.10 Å². The SMILES string of the molecule is COc1ccc(C(=O)NCC(=O)N/N=C/c2cc(Br)ccc2OC(=O)c2ccc(Cl)cc2)cc1OC. The number of nitrogens with one attached hydrogen (secondary N) is 2. The van der Waals surface area contributed by atoms with Crippen LogP contribution in [0.3, 0.4) is 0 Å². The molecule has 186 valence electrons. The topological polar surface area (TPSA) is 115 Å². The fourth-order valence-corrected chi connectivity index (χ4v) is 3.42. The third-order valence-corrected chi connectivity index (χ3v) is 5.45. The number of carbonyl (C=O) groups is 3. The Morgan fingerprint density at radius 2 is 1.58 bits per heavy atom. The van der Waals surface area contributed by atoms with Crippen molar-refractivity contribution in [2.75, 3.05) is 20.8 Å². The number of hydrazone groups is 1. The van der Waals surface area contributed by atoms with Crippen LogP contribution in [-0.2, 0) is 4.79 Å². The van der Waals surface area contributed by atoms with E-state index in [1.807, 2.05) is 0 Å². The molecule has 0 fully saturated rings. The molecule has 11 heteroatoms. The molecule has 3 rings (SSSR count). The molecule has 0 radical (unpaired) electrons. The highest BCUT2D eigenvalue weighted by Crippen LogP contribution is 2.27. The Balaban J connectivity index is 1.58. The zero-order chi connectivity index (χ0) is 26.1. The van der Waals surface area contributed by atoms with Crippen LogP contribution >= 0.6 is 27.5 Å². The summed E-state index contributed by atoms with van der Waals surface area (Å²) in [5.74, 6) is -0.510. The van der Waals surface area contributed by atoms with Gasteiger partial charge < -0.3 is 19.5 Å². The molecule has 3 aromatic rings. The van der Waals surface area contributed by atoms with E-state index in [9.17, 15) is 14.4 Å². The quantitative estimate of drug-likeness (QED) is 0.171. The number of halogens is 2. The van der Waals surface area contributed by atoms with Gasteiger partial charge in [0.2, 0.25) is 0 Å². The lowest BCUT2D eigenvalue weighted by Crippen LogP contribution is -2.34. The standard InChI is InChI=1S/C25H21BrClN3O6/c1-34-21-9-5-16(12-22(21)35-2)24(32)28-14-23(31)30-29-13-17-11-18(26)6-10-20(17)36-25(33)15-3-7-19(27)8-4-15/h3-13H,14H2,1-2H3,(H,28,32)(H,30,31)/b29-13+. The van der Waals surface area contributed by atoms with E-state index in [1.54, 1.807) is 54.6 Å². The highest BCUT2D eigenvalue weighted by molar-refractivity contribution is 9.10. The summed E-state index contributed by atoms with van der Waals surface area (Å²) >= 11 is 9.20. The number of methoxy groups -OCH3 is 2. The highest BCUT2D eigenvalue weighted by atomic mass is 79.9. The molecular formula is C25H21BrClN3O6. The summed E-state index contributed by atoms with van der Waals surface area (Å²) < 4.78 is 16.5. The van der Waals surface area contributed by atoms with Gasteiger partial charge in [-0.3, -0.25) is 9.59 Å². The molecule has 3 aromatic carbocycles. The first-order valence-electron chi connectivity index (χ1n) is 10.4. The molecule has 0 spiro atoms. The smallest absolute Gasteiger partial charge is 0.343 e. The maximum absolute atomic E-state index is 12.4. The van der Waals surface area contributed by atoms with Gasteiger partial charge in [0.05, 0.1) is 32.5 Å². The third-order valence-electron chi connectivity index (χ3n) is 4.70. The Bertz CT molecular complexity index is 1300. The van der Waals surface area contributed by atoms with E-state index in [1.165, 1.54) is 26.5 Å². The molecule has 36 heavy (non-hydrogen) atoms. The molecule has 0 aliphatic carbocycles. The van der Waals surface area contributed by atoms with Crippen LogP contribution in [-0.4, -0.2) is 44.8 Å². The lowest BCUT2D eigenvalue weighted by Gasteiger charge is -2.10. The molecule has 0 saturated heterocycles. The second-order valence-electron chi connectivity index (χ2n) is 7.12. The Morgan fingerprint density at radius 1 is 0.917 bits per heavy atom. The van der Waals surface area contributed by atoms with Crippen molar-refractivity contribution in [3.8, 4) is 17.2 Å². The van der Waals surface area contributed by atoms with E-state index in [0.29, 0.717) is 37.7 Å². The minimum absolute atomic E-state index is 0.234. The normalized spacial score (nSPS) is 10.6. The van der Waals surface area contributed by atoms with Crippen molar-refractivity contribution < 1.29 is 28.6 Å². The van der Waals surface area contributed by atoms with Gasteiger partial charge in [-0.05, 0) is 60.7 Å². The third kappa shape index (κ3) is 7.30. The molecule has 2 N–H and O–H groups in total. The van der Waals surface area contributed by atoms with Crippen LogP contribution in [0.1, 0.15) is 26.3 Å². The summed E-state index contributed by atoms with van der Waals surface area (Å²) in [6.45, 7) is -0.318. The summed E-state index contributed by atoms with van der Waals surface area (Å²) in [5.41, 5.74) is 3.37. The molecule has 2 amide bonds. The summed E-state index contributed by atoms with van der Waals surface area (Å²) in [6, 6.07) is 15.9. The van der Waals surface area contributed by atoms with Crippen molar-refractivity contribution >= 4 is 51.5 Å². The van der Waals surface area contributed by atoms with Crippen LogP contribution in [0.2, 0.25) is 5.02 Å². The number of rotatable bonds is 9. The minimum atomic E-state index is -0.578. The maximum Gasteiger partial charge on any atom is 0.343 e. The fraction of sp³-hybridized carbons (Fsp3) is 0.120. The van der Waals surface area contributed by atoms with E-state index in [0.717, 1.165) is 0 Å². The van der Waals surface area contributed by atoms with Gasteiger partial charge >= 0.3 is 5.97 Å². The molecular weight excluding hydrogens is 554 g/mol.